The molecule has 1 aromatic carbocycles. The predicted octanol–water partition coefficient (Wildman–Crippen LogP) is 2.03. The van der Waals surface area contributed by atoms with Gasteiger partial charge in [0.2, 0.25) is 0 Å². The molecule has 0 bridgehead atoms. The Kier molecular flexibility index (Phi) is 6.08. The van der Waals surface area contributed by atoms with Crippen LogP contribution in [0, 0.1) is 0 Å². The molecule has 0 saturated carbocycles. The molecule has 8 nitrogen and oxygen atoms in total. The highest BCUT2D eigenvalue weighted by atomic mass is 15.4. The minimum absolute atomic E-state index is 0.565. The van der Waals surface area contributed by atoms with Crippen molar-refractivity contribution in [1.82, 2.24) is 30.0 Å². The van der Waals surface area contributed by atoms with Gasteiger partial charge in [-0.25, -0.2) is 15.0 Å². The highest BCUT2D eigenvalue weighted by molar-refractivity contribution is 5.85. The second-order valence-corrected chi connectivity index (χ2v) is 6.88. The van der Waals surface area contributed by atoms with Gasteiger partial charge in [-0.2, -0.15) is 5.10 Å². The molecule has 2 aromatic heterocycles. The van der Waals surface area contributed by atoms with Crippen LogP contribution < -0.4 is 10.2 Å². The normalized spacial score (nSPS) is 11.7. The van der Waals surface area contributed by atoms with Gasteiger partial charge in [0.05, 0.1) is 18.6 Å². The van der Waals surface area contributed by atoms with Crippen LogP contribution in [0.3, 0.4) is 0 Å². The van der Waals surface area contributed by atoms with Crippen molar-refractivity contribution in [1.29, 1.82) is 0 Å². The number of hydrogen-bond acceptors (Lipinski definition) is 5. The van der Waals surface area contributed by atoms with E-state index in [4.69, 9.17) is 9.98 Å². The van der Waals surface area contributed by atoms with Gasteiger partial charge in [-0.3, -0.25) is 4.68 Å². The van der Waals surface area contributed by atoms with Gasteiger partial charge < -0.3 is 15.1 Å². The van der Waals surface area contributed by atoms with Crippen LogP contribution >= 0.6 is 0 Å². The van der Waals surface area contributed by atoms with Crippen molar-refractivity contribution in [3.8, 4) is 0 Å². The number of guanidine groups is 1. The Morgan fingerprint density at radius 1 is 1.21 bits per heavy atom. The average molecular weight is 381 g/mol. The number of fused-ring (bicyclic) bond motifs is 1. The number of aromatic nitrogens is 4. The van der Waals surface area contributed by atoms with Crippen molar-refractivity contribution in [3.05, 3.63) is 48.0 Å². The minimum Gasteiger partial charge on any atom is -0.363 e. The summed E-state index contributed by atoms with van der Waals surface area (Å²) in [6.45, 7) is 4.05. The van der Waals surface area contributed by atoms with E-state index in [1.165, 1.54) is 0 Å². The lowest BCUT2D eigenvalue weighted by atomic mass is 10.1. The van der Waals surface area contributed by atoms with Crippen LogP contribution in [0.15, 0.2) is 41.7 Å². The van der Waals surface area contributed by atoms with Crippen molar-refractivity contribution < 1.29 is 0 Å². The fourth-order valence-electron chi connectivity index (χ4n) is 2.97. The van der Waals surface area contributed by atoms with Crippen molar-refractivity contribution in [3.63, 3.8) is 0 Å². The lowest BCUT2D eigenvalue weighted by Crippen LogP contribution is -2.39. The second-order valence-electron chi connectivity index (χ2n) is 6.88. The number of rotatable bonds is 6. The first-order valence-corrected chi connectivity index (χ1v) is 9.38. The molecule has 0 atom stereocenters. The number of pyridine rings is 1. The predicted molar refractivity (Wildman–Crippen MR) is 113 cm³/mol. The van der Waals surface area contributed by atoms with Gasteiger partial charge in [-0.05, 0) is 24.6 Å². The molecule has 28 heavy (non-hydrogen) atoms. The van der Waals surface area contributed by atoms with E-state index in [9.17, 15) is 0 Å². The third-order valence-electron chi connectivity index (χ3n) is 4.53. The van der Waals surface area contributed by atoms with Crippen LogP contribution in [0.2, 0.25) is 0 Å². The molecule has 148 valence electrons. The molecule has 0 aliphatic carbocycles. The van der Waals surface area contributed by atoms with E-state index in [0.717, 1.165) is 40.6 Å². The highest BCUT2D eigenvalue weighted by Gasteiger charge is 2.11. The average Bonchev–Trinajstić information content (AvgIpc) is 3.09. The van der Waals surface area contributed by atoms with Gasteiger partial charge in [0, 0.05) is 40.1 Å². The molecular weight excluding hydrogens is 352 g/mol. The molecule has 3 aromatic rings. The van der Waals surface area contributed by atoms with Gasteiger partial charge in [0.25, 0.3) is 0 Å². The maximum Gasteiger partial charge on any atom is 0.194 e. The first-order valence-electron chi connectivity index (χ1n) is 9.38. The van der Waals surface area contributed by atoms with Crippen molar-refractivity contribution >= 4 is 22.7 Å². The number of nitrogens with one attached hydrogen (secondary N) is 1. The number of hydrogen-bond donors (Lipinski definition) is 1. The summed E-state index contributed by atoms with van der Waals surface area (Å²) in [5.41, 5.74) is 2.13. The van der Waals surface area contributed by atoms with E-state index in [1.807, 2.05) is 51.3 Å². The third-order valence-corrected chi connectivity index (χ3v) is 4.53. The summed E-state index contributed by atoms with van der Waals surface area (Å²) in [6, 6.07) is 10.3. The molecule has 0 unspecified atom stereocenters. The van der Waals surface area contributed by atoms with E-state index < -0.39 is 0 Å². The standard InChI is InChI=1S/C20H28N8/c1-6-21-20(27(4)13-19-23-14-24-28(19)5)22-12-15-11-18(26(2)3)25-17-10-8-7-9-16(15)17/h7-11,14H,6,12-13H2,1-5H3,(H,21,22). The van der Waals surface area contributed by atoms with Gasteiger partial charge in [0.1, 0.15) is 18.0 Å². The summed E-state index contributed by atoms with van der Waals surface area (Å²) in [5.74, 6) is 2.65. The van der Waals surface area contributed by atoms with Crippen molar-refractivity contribution in [2.75, 3.05) is 32.6 Å². The Morgan fingerprint density at radius 2 is 2.00 bits per heavy atom. The van der Waals surface area contributed by atoms with Crippen LogP contribution in [0.25, 0.3) is 10.9 Å². The molecule has 2 heterocycles. The lowest BCUT2D eigenvalue weighted by molar-refractivity contribution is 0.448. The summed E-state index contributed by atoms with van der Waals surface area (Å²) in [4.78, 5) is 18.0. The van der Waals surface area contributed by atoms with Gasteiger partial charge in [-0.15, -0.1) is 0 Å². The number of nitrogens with zero attached hydrogens (tertiary/aromatic N) is 7. The van der Waals surface area contributed by atoms with Gasteiger partial charge in [-0.1, -0.05) is 18.2 Å². The molecular formula is C20H28N8. The van der Waals surface area contributed by atoms with Crippen LogP contribution in [0.5, 0.6) is 0 Å². The van der Waals surface area contributed by atoms with E-state index in [1.54, 1.807) is 11.0 Å². The van der Waals surface area contributed by atoms with E-state index in [-0.39, 0.29) is 0 Å². The summed E-state index contributed by atoms with van der Waals surface area (Å²) in [6.07, 6.45) is 1.57. The quantitative estimate of drug-likeness (QED) is 0.521. The van der Waals surface area contributed by atoms with E-state index in [0.29, 0.717) is 13.1 Å². The van der Waals surface area contributed by atoms with Crippen molar-refractivity contribution in [2.45, 2.75) is 20.0 Å². The number of para-hydroxylation sites is 1. The molecule has 0 radical (unpaired) electrons. The van der Waals surface area contributed by atoms with Crippen LogP contribution in [-0.4, -0.2) is 58.3 Å². The molecule has 0 amide bonds. The maximum atomic E-state index is 4.87. The SMILES string of the molecule is CCNC(=NCc1cc(N(C)C)nc2ccccc12)N(C)Cc1ncnn1C. The summed E-state index contributed by atoms with van der Waals surface area (Å²) < 4.78 is 1.78. The van der Waals surface area contributed by atoms with Crippen LogP contribution in [-0.2, 0) is 20.1 Å². The number of aryl methyl sites for hydroxylation is 1. The largest absolute Gasteiger partial charge is 0.363 e. The van der Waals surface area contributed by atoms with Gasteiger partial charge in [0.15, 0.2) is 5.96 Å². The topological polar surface area (TPSA) is 74.5 Å². The molecule has 0 spiro atoms. The Morgan fingerprint density at radius 3 is 2.68 bits per heavy atom. The molecule has 3 rings (SSSR count). The Bertz CT molecular complexity index is 960. The van der Waals surface area contributed by atoms with Gasteiger partial charge >= 0.3 is 0 Å². The maximum absolute atomic E-state index is 4.87. The smallest absolute Gasteiger partial charge is 0.194 e. The third kappa shape index (κ3) is 4.39. The minimum atomic E-state index is 0.565. The Hall–Kier alpha value is -3.16. The molecule has 8 heteroatoms. The monoisotopic (exact) mass is 380 g/mol. The molecule has 0 aliphatic heterocycles. The summed E-state index contributed by atoms with van der Waals surface area (Å²) in [7, 11) is 7.91. The first-order chi connectivity index (χ1) is 13.5. The summed E-state index contributed by atoms with van der Waals surface area (Å²) >= 11 is 0. The molecule has 0 saturated heterocycles. The van der Waals surface area contributed by atoms with E-state index in [2.05, 4.69) is 39.4 Å². The number of aliphatic imine (C=N–C) groups is 1. The van der Waals surface area contributed by atoms with Crippen LogP contribution in [0.4, 0.5) is 5.82 Å². The zero-order valence-electron chi connectivity index (χ0n) is 17.2. The fourth-order valence-corrected chi connectivity index (χ4v) is 2.97. The highest BCUT2D eigenvalue weighted by Crippen LogP contribution is 2.22. The zero-order chi connectivity index (χ0) is 20.1. The Labute approximate surface area is 165 Å². The van der Waals surface area contributed by atoms with E-state index >= 15 is 0 Å². The second kappa shape index (κ2) is 8.69. The Balaban J connectivity index is 1.89. The van der Waals surface area contributed by atoms with Crippen LogP contribution in [0.1, 0.15) is 18.3 Å². The fraction of sp³-hybridized carbons (Fsp3) is 0.400. The summed E-state index contributed by atoms with van der Waals surface area (Å²) in [5, 5.41) is 8.63. The molecule has 0 fully saturated rings. The molecule has 1 N–H and O–H groups in total. The number of benzene rings is 1. The molecule has 0 aliphatic rings. The number of anilines is 1. The lowest BCUT2D eigenvalue weighted by Gasteiger charge is -2.21. The first kappa shape index (κ1) is 19.6. The van der Waals surface area contributed by atoms with Crippen molar-refractivity contribution in [2.24, 2.45) is 12.0 Å². The zero-order valence-corrected chi connectivity index (χ0v) is 17.2.